The number of hydrogen-bond donors (Lipinski definition) is 2. The molecule has 6 nitrogen and oxygen atoms in total. The predicted octanol–water partition coefficient (Wildman–Crippen LogP) is 4.53. The number of aromatic nitrogens is 2. The molecule has 0 saturated heterocycles. The number of rotatable bonds is 12. The van der Waals surface area contributed by atoms with E-state index in [0.717, 1.165) is 48.1 Å². The second-order valence-corrected chi connectivity index (χ2v) is 8.21. The van der Waals surface area contributed by atoms with Crippen LogP contribution in [0.1, 0.15) is 56.5 Å². The Morgan fingerprint density at radius 3 is 2.45 bits per heavy atom. The number of nitrogens with one attached hydrogen (secondary N) is 2. The average Bonchev–Trinajstić information content (AvgIpc) is 3.21. The van der Waals surface area contributed by atoms with E-state index in [1.807, 2.05) is 36.9 Å². The average molecular weight is 453 g/mol. The number of imidazole rings is 1. The maximum Gasteiger partial charge on any atom is 0.222 e. The van der Waals surface area contributed by atoms with E-state index in [0.29, 0.717) is 38.1 Å². The van der Waals surface area contributed by atoms with Crippen molar-refractivity contribution in [2.24, 2.45) is 0 Å². The Kier molecular flexibility index (Phi) is 8.98. The summed E-state index contributed by atoms with van der Waals surface area (Å²) < 4.78 is 13.2. The molecule has 0 fully saturated rings. The van der Waals surface area contributed by atoms with Crippen LogP contribution in [-0.4, -0.2) is 39.8 Å². The van der Waals surface area contributed by atoms with Crippen molar-refractivity contribution >= 4 is 22.8 Å². The molecular formula is C26H33FN4O2. The zero-order valence-corrected chi connectivity index (χ0v) is 19.5. The quantitative estimate of drug-likeness (QED) is 0.424. The van der Waals surface area contributed by atoms with Crippen LogP contribution in [0.25, 0.3) is 11.0 Å². The molecule has 0 atom stereocenters. The van der Waals surface area contributed by atoms with Gasteiger partial charge in [0.2, 0.25) is 11.8 Å². The standard InChI is InChI=1S/C26H33FN4O2/c1-3-31(4-2)26(33)13-7-10-20-14-15-22-23(17-20)30-24(29-22)18-28-25(32)12-6-9-19-8-5-11-21(27)16-19/h5,8,11,14-17H,3-4,6-7,9-10,12-13,18H2,1-2H3,(H,28,32)(H,29,30). The Bertz CT molecular complexity index is 1080. The van der Waals surface area contributed by atoms with E-state index in [9.17, 15) is 14.0 Å². The fourth-order valence-electron chi connectivity index (χ4n) is 3.94. The first-order valence-electron chi connectivity index (χ1n) is 11.7. The van der Waals surface area contributed by atoms with Gasteiger partial charge in [0.15, 0.2) is 0 Å². The molecule has 3 aromatic rings. The zero-order valence-electron chi connectivity index (χ0n) is 19.5. The van der Waals surface area contributed by atoms with E-state index < -0.39 is 0 Å². The molecule has 0 aliphatic rings. The van der Waals surface area contributed by atoms with Crippen LogP contribution in [0.4, 0.5) is 4.39 Å². The van der Waals surface area contributed by atoms with Gasteiger partial charge in [0, 0.05) is 25.9 Å². The molecule has 176 valence electrons. The SMILES string of the molecule is CCN(CC)C(=O)CCCc1ccc2nc(CNC(=O)CCCc3cccc(F)c3)[nH]c2c1. The summed E-state index contributed by atoms with van der Waals surface area (Å²) >= 11 is 0. The van der Waals surface area contributed by atoms with Gasteiger partial charge >= 0.3 is 0 Å². The minimum Gasteiger partial charge on any atom is -0.349 e. The van der Waals surface area contributed by atoms with Gasteiger partial charge in [-0.25, -0.2) is 9.37 Å². The first kappa shape index (κ1) is 24.4. The van der Waals surface area contributed by atoms with Crippen LogP contribution in [0, 0.1) is 5.82 Å². The van der Waals surface area contributed by atoms with Crippen molar-refractivity contribution in [3.8, 4) is 0 Å². The minimum absolute atomic E-state index is 0.0505. The first-order chi connectivity index (χ1) is 16.0. The summed E-state index contributed by atoms with van der Waals surface area (Å²) in [7, 11) is 0. The molecule has 1 heterocycles. The molecule has 2 amide bonds. The maximum atomic E-state index is 13.2. The summed E-state index contributed by atoms with van der Waals surface area (Å²) in [4.78, 5) is 34.0. The highest BCUT2D eigenvalue weighted by Crippen LogP contribution is 2.16. The van der Waals surface area contributed by atoms with Crippen LogP contribution in [0.15, 0.2) is 42.5 Å². The monoisotopic (exact) mass is 452 g/mol. The molecule has 2 aromatic carbocycles. The number of nitrogens with zero attached hydrogens (tertiary/aromatic N) is 2. The summed E-state index contributed by atoms with van der Waals surface area (Å²) in [6.45, 7) is 5.84. The van der Waals surface area contributed by atoms with Gasteiger partial charge in [0.05, 0.1) is 17.6 Å². The topological polar surface area (TPSA) is 78.1 Å². The molecule has 0 aliphatic carbocycles. The van der Waals surface area contributed by atoms with Gasteiger partial charge in [-0.05, 0) is 74.9 Å². The fourth-order valence-corrected chi connectivity index (χ4v) is 3.94. The molecule has 0 spiro atoms. The van der Waals surface area contributed by atoms with Crippen molar-refractivity contribution < 1.29 is 14.0 Å². The first-order valence-corrected chi connectivity index (χ1v) is 11.7. The number of aryl methyl sites for hydroxylation is 2. The molecule has 7 heteroatoms. The molecule has 0 saturated carbocycles. The van der Waals surface area contributed by atoms with Gasteiger partial charge in [-0.3, -0.25) is 9.59 Å². The summed E-state index contributed by atoms with van der Waals surface area (Å²) in [5.74, 6) is 0.609. The molecule has 33 heavy (non-hydrogen) atoms. The number of fused-ring (bicyclic) bond motifs is 1. The molecule has 2 N–H and O–H groups in total. The van der Waals surface area contributed by atoms with Crippen LogP contribution < -0.4 is 5.32 Å². The molecule has 0 aliphatic heterocycles. The van der Waals surface area contributed by atoms with E-state index in [1.54, 1.807) is 6.07 Å². The summed E-state index contributed by atoms with van der Waals surface area (Å²) in [6, 6.07) is 12.5. The third-order valence-electron chi connectivity index (χ3n) is 5.78. The van der Waals surface area contributed by atoms with E-state index in [1.165, 1.54) is 12.1 Å². The Morgan fingerprint density at radius 1 is 1.00 bits per heavy atom. The Morgan fingerprint density at radius 2 is 1.73 bits per heavy atom. The lowest BCUT2D eigenvalue weighted by Gasteiger charge is -2.18. The summed E-state index contributed by atoms with van der Waals surface area (Å²) in [6.07, 6.45) is 3.91. The van der Waals surface area contributed by atoms with Gasteiger partial charge in [0.25, 0.3) is 0 Å². The Labute approximate surface area is 194 Å². The van der Waals surface area contributed by atoms with Gasteiger partial charge in [-0.15, -0.1) is 0 Å². The second-order valence-electron chi connectivity index (χ2n) is 8.21. The number of aromatic amines is 1. The Hall–Kier alpha value is -3.22. The lowest BCUT2D eigenvalue weighted by Crippen LogP contribution is -2.30. The molecule has 0 radical (unpaired) electrons. The van der Waals surface area contributed by atoms with E-state index in [2.05, 4.69) is 21.4 Å². The lowest BCUT2D eigenvalue weighted by molar-refractivity contribution is -0.130. The maximum absolute atomic E-state index is 13.2. The lowest BCUT2D eigenvalue weighted by atomic mass is 10.1. The summed E-state index contributed by atoms with van der Waals surface area (Å²) in [5, 5.41) is 2.89. The Balaban J connectivity index is 1.44. The zero-order chi connectivity index (χ0) is 23.6. The normalized spacial score (nSPS) is 11.0. The van der Waals surface area contributed by atoms with Crippen molar-refractivity contribution in [1.29, 1.82) is 0 Å². The van der Waals surface area contributed by atoms with Crippen molar-refractivity contribution in [3.63, 3.8) is 0 Å². The van der Waals surface area contributed by atoms with E-state index >= 15 is 0 Å². The van der Waals surface area contributed by atoms with E-state index in [4.69, 9.17) is 0 Å². The van der Waals surface area contributed by atoms with Crippen molar-refractivity contribution in [3.05, 3.63) is 65.2 Å². The predicted molar refractivity (Wildman–Crippen MR) is 128 cm³/mol. The number of H-pyrrole nitrogens is 1. The molecular weight excluding hydrogens is 419 g/mol. The molecule has 0 unspecified atom stereocenters. The van der Waals surface area contributed by atoms with Crippen LogP contribution in [0.5, 0.6) is 0 Å². The molecule has 1 aromatic heterocycles. The smallest absolute Gasteiger partial charge is 0.222 e. The van der Waals surface area contributed by atoms with Gasteiger partial charge in [-0.2, -0.15) is 0 Å². The highest BCUT2D eigenvalue weighted by molar-refractivity contribution is 5.78. The second kappa shape index (κ2) is 12.1. The minimum atomic E-state index is -0.252. The van der Waals surface area contributed by atoms with Crippen molar-refractivity contribution in [2.45, 2.75) is 58.9 Å². The number of hydrogen-bond acceptors (Lipinski definition) is 3. The van der Waals surface area contributed by atoms with Crippen LogP contribution in [0.2, 0.25) is 0 Å². The van der Waals surface area contributed by atoms with Gasteiger partial charge in [0.1, 0.15) is 11.6 Å². The van der Waals surface area contributed by atoms with Gasteiger partial charge < -0.3 is 15.2 Å². The van der Waals surface area contributed by atoms with Crippen molar-refractivity contribution in [1.82, 2.24) is 20.2 Å². The van der Waals surface area contributed by atoms with Crippen molar-refractivity contribution in [2.75, 3.05) is 13.1 Å². The van der Waals surface area contributed by atoms with Crippen LogP contribution >= 0.6 is 0 Å². The third kappa shape index (κ3) is 7.41. The van der Waals surface area contributed by atoms with Gasteiger partial charge in [-0.1, -0.05) is 18.2 Å². The number of benzene rings is 2. The molecule has 3 rings (SSSR count). The summed E-state index contributed by atoms with van der Waals surface area (Å²) in [5.41, 5.74) is 3.84. The van der Waals surface area contributed by atoms with E-state index in [-0.39, 0.29) is 17.6 Å². The fraction of sp³-hybridized carbons (Fsp3) is 0.423. The number of carbonyl (C=O) groups excluding carboxylic acids is 2. The number of halogens is 1. The highest BCUT2D eigenvalue weighted by Gasteiger charge is 2.10. The number of amides is 2. The highest BCUT2D eigenvalue weighted by atomic mass is 19.1. The largest absolute Gasteiger partial charge is 0.349 e. The van der Waals surface area contributed by atoms with Crippen LogP contribution in [-0.2, 0) is 29.0 Å². The van der Waals surface area contributed by atoms with Crippen LogP contribution in [0.3, 0.4) is 0 Å². The number of carbonyl (C=O) groups is 2. The molecule has 0 bridgehead atoms. The third-order valence-corrected chi connectivity index (χ3v) is 5.78.